The van der Waals surface area contributed by atoms with E-state index in [0.717, 1.165) is 6.42 Å². The van der Waals surface area contributed by atoms with Gasteiger partial charge in [-0.05, 0) is 0 Å². The molecule has 0 aliphatic heterocycles. The third kappa shape index (κ3) is 1.41. The Balaban J connectivity index is 2.77. The summed E-state index contributed by atoms with van der Waals surface area (Å²) in [5, 5.41) is 0. The Morgan fingerprint density at radius 2 is 2.22 bits per heavy atom. The van der Waals surface area contributed by atoms with Crippen molar-refractivity contribution in [2.24, 2.45) is 0 Å². The molecule has 0 amide bonds. The molecule has 0 saturated heterocycles. The van der Waals surface area contributed by atoms with Crippen molar-refractivity contribution in [1.82, 2.24) is 4.90 Å². The minimum atomic E-state index is 1.13. The van der Waals surface area contributed by atoms with Crippen LogP contribution in [0.3, 0.4) is 0 Å². The third-order valence-corrected chi connectivity index (χ3v) is 1.62. The SMILES string of the molecule is [Li][C]1=C(N(C)C)C=CC1. The van der Waals surface area contributed by atoms with Gasteiger partial charge in [-0.15, -0.1) is 0 Å². The second-order valence-corrected chi connectivity index (χ2v) is 2.67. The van der Waals surface area contributed by atoms with E-state index in [4.69, 9.17) is 0 Å². The molecule has 0 fully saturated rings. The van der Waals surface area contributed by atoms with Crippen molar-refractivity contribution in [3.8, 4) is 0 Å². The summed E-state index contributed by atoms with van der Waals surface area (Å²) in [6.45, 7) is 0. The van der Waals surface area contributed by atoms with E-state index in [-0.39, 0.29) is 0 Å². The summed E-state index contributed by atoms with van der Waals surface area (Å²) in [5.74, 6) is 0. The van der Waals surface area contributed by atoms with Gasteiger partial charge < -0.3 is 0 Å². The summed E-state index contributed by atoms with van der Waals surface area (Å²) in [4.78, 5) is 2.15. The van der Waals surface area contributed by atoms with Crippen LogP contribution in [-0.4, -0.2) is 36.7 Å². The van der Waals surface area contributed by atoms with Gasteiger partial charge in [0.1, 0.15) is 0 Å². The number of hydrogen-bond donors (Lipinski definition) is 0. The first-order valence-corrected chi connectivity index (χ1v) is 3.25. The van der Waals surface area contributed by atoms with E-state index in [1.54, 1.807) is 0 Å². The molecule has 1 aliphatic carbocycles. The van der Waals surface area contributed by atoms with Gasteiger partial charge in [0.2, 0.25) is 0 Å². The van der Waals surface area contributed by atoms with Gasteiger partial charge in [0.15, 0.2) is 0 Å². The van der Waals surface area contributed by atoms with Gasteiger partial charge in [0.05, 0.1) is 0 Å². The van der Waals surface area contributed by atoms with Gasteiger partial charge in [0.25, 0.3) is 0 Å². The maximum absolute atomic E-state index is 2.20. The topological polar surface area (TPSA) is 3.24 Å². The number of rotatable bonds is 1. The van der Waals surface area contributed by atoms with E-state index in [1.807, 2.05) is 0 Å². The fourth-order valence-electron chi connectivity index (χ4n) is 1.12. The molecule has 0 aromatic carbocycles. The van der Waals surface area contributed by atoms with Crippen LogP contribution < -0.4 is 0 Å². The number of likely N-dealkylation sites (N-methyl/N-ethyl adjacent to an activating group) is 1. The van der Waals surface area contributed by atoms with Crippen molar-refractivity contribution in [3.63, 3.8) is 0 Å². The maximum atomic E-state index is 2.20. The van der Waals surface area contributed by atoms with E-state index in [1.165, 1.54) is 9.94 Å². The number of hydrogen-bond acceptors (Lipinski definition) is 1. The Labute approximate surface area is 65.6 Å². The second-order valence-electron chi connectivity index (χ2n) is 2.67. The molecule has 0 spiro atoms. The molecule has 0 bridgehead atoms. The Bertz CT molecular complexity index is 168. The van der Waals surface area contributed by atoms with Gasteiger partial charge in [-0.2, -0.15) is 0 Å². The van der Waals surface area contributed by atoms with Crippen LogP contribution in [0.4, 0.5) is 0 Å². The molecular formula is C7H10LiN. The van der Waals surface area contributed by atoms with Gasteiger partial charge in [-0.25, -0.2) is 0 Å². The normalized spacial score (nSPS) is 17.3. The number of nitrogens with zero attached hydrogens (tertiary/aromatic N) is 1. The monoisotopic (exact) mass is 115 g/mol. The van der Waals surface area contributed by atoms with Gasteiger partial charge in [0, 0.05) is 0 Å². The molecule has 1 aliphatic rings. The average molecular weight is 115 g/mol. The molecule has 0 radical (unpaired) electrons. The second kappa shape index (κ2) is 2.64. The molecule has 0 aromatic heterocycles. The zero-order valence-corrected chi connectivity index (χ0v) is 6.31. The molecule has 0 N–H and O–H groups in total. The molecule has 44 valence electrons. The third-order valence-electron chi connectivity index (χ3n) is 1.62. The van der Waals surface area contributed by atoms with Crippen molar-refractivity contribution < 1.29 is 0 Å². The van der Waals surface area contributed by atoms with E-state index in [9.17, 15) is 0 Å². The molecule has 0 atom stereocenters. The zero-order chi connectivity index (χ0) is 6.85. The summed E-state index contributed by atoms with van der Waals surface area (Å²) in [7, 11) is 4.16. The number of allylic oxidation sites excluding steroid dienone is 3. The molecule has 2 heteroatoms. The van der Waals surface area contributed by atoms with Gasteiger partial charge >= 0.3 is 65.2 Å². The average Bonchev–Trinajstić information content (AvgIpc) is 2.13. The van der Waals surface area contributed by atoms with Crippen LogP contribution >= 0.6 is 0 Å². The molecule has 0 saturated carbocycles. The van der Waals surface area contributed by atoms with Crippen molar-refractivity contribution in [2.75, 3.05) is 14.1 Å². The fourth-order valence-corrected chi connectivity index (χ4v) is 1.12. The Morgan fingerprint density at radius 1 is 1.56 bits per heavy atom. The molecule has 1 nitrogen and oxygen atoms in total. The summed E-state index contributed by atoms with van der Waals surface area (Å²) in [5.41, 5.74) is 1.37. The Kier molecular flexibility index (Phi) is 2.05. The first kappa shape index (κ1) is 6.99. The first-order chi connectivity index (χ1) is 4.22. The van der Waals surface area contributed by atoms with Crippen molar-refractivity contribution in [1.29, 1.82) is 0 Å². The summed E-state index contributed by atoms with van der Waals surface area (Å²) >= 11 is 2.18. The molecule has 0 aromatic rings. The van der Waals surface area contributed by atoms with Crippen molar-refractivity contribution in [2.45, 2.75) is 6.42 Å². The van der Waals surface area contributed by atoms with Crippen LogP contribution in [0.5, 0.6) is 0 Å². The van der Waals surface area contributed by atoms with Crippen LogP contribution in [0.2, 0.25) is 0 Å². The van der Waals surface area contributed by atoms with E-state index < -0.39 is 0 Å². The predicted molar refractivity (Wildman–Crippen MR) is 40.2 cm³/mol. The first-order valence-electron chi connectivity index (χ1n) is 3.25. The Hall–Kier alpha value is -0.123. The zero-order valence-electron chi connectivity index (χ0n) is 6.31. The molecule has 0 unspecified atom stereocenters. The van der Waals surface area contributed by atoms with E-state index in [2.05, 4.69) is 48.9 Å². The molecular weight excluding hydrogens is 105 g/mol. The van der Waals surface area contributed by atoms with Crippen LogP contribution in [0.1, 0.15) is 6.42 Å². The van der Waals surface area contributed by atoms with E-state index in [0.29, 0.717) is 0 Å². The van der Waals surface area contributed by atoms with Crippen LogP contribution in [0.25, 0.3) is 0 Å². The van der Waals surface area contributed by atoms with Crippen LogP contribution in [0, 0.1) is 0 Å². The summed E-state index contributed by atoms with van der Waals surface area (Å²) < 4.78 is 1.47. The van der Waals surface area contributed by atoms with Crippen molar-refractivity contribution >= 4 is 17.7 Å². The molecule has 1 rings (SSSR count). The summed E-state index contributed by atoms with van der Waals surface area (Å²) in [6, 6.07) is 0. The van der Waals surface area contributed by atoms with Crippen LogP contribution in [-0.2, 0) is 0 Å². The standard InChI is InChI=1S/C7H10N.Li/c1-8(2)7-5-3-4-6-7;/h3,5H,4H2,1-2H3;. The Morgan fingerprint density at radius 3 is 2.44 bits per heavy atom. The predicted octanol–water partition coefficient (Wildman–Crippen LogP) is 0.888. The minimum absolute atomic E-state index is 1.13. The van der Waals surface area contributed by atoms with Crippen LogP contribution in [0.15, 0.2) is 22.1 Å². The molecule has 0 heterocycles. The van der Waals surface area contributed by atoms with Crippen molar-refractivity contribution in [3.05, 3.63) is 22.1 Å². The fraction of sp³-hybridized carbons (Fsp3) is 0.429. The quantitative estimate of drug-likeness (QED) is 0.459. The summed E-state index contributed by atoms with van der Waals surface area (Å²) in [6.07, 6.45) is 5.51. The van der Waals surface area contributed by atoms with E-state index >= 15 is 0 Å². The van der Waals surface area contributed by atoms with Gasteiger partial charge in [-0.3, -0.25) is 0 Å². The molecule has 9 heavy (non-hydrogen) atoms. The van der Waals surface area contributed by atoms with Gasteiger partial charge in [-0.1, -0.05) is 0 Å².